The van der Waals surface area contributed by atoms with E-state index in [1.54, 1.807) is 0 Å². The van der Waals surface area contributed by atoms with Crippen molar-refractivity contribution >= 4 is 17.5 Å². The summed E-state index contributed by atoms with van der Waals surface area (Å²) in [6.45, 7) is 14.7. The predicted molar refractivity (Wildman–Crippen MR) is 144 cm³/mol. The number of rotatable bonds is 8. The molecule has 0 atom stereocenters. The van der Waals surface area contributed by atoms with Gasteiger partial charge in [-0.05, 0) is 91.7 Å². The highest BCUT2D eigenvalue weighted by molar-refractivity contribution is 5.85. The third-order valence-electron chi connectivity index (χ3n) is 6.45. The third-order valence-corrected chi connectivity index (χ3v) is 6.45. The summed E-state index contributed by atoms with van der Waals surface area (Å²) >= 11 is 0. The van der Waals surface area contributed by atoms with Gasteiger partial charge in [-0.3, -0.25) is 4.99 Å². The Balaban J connectivity index is 1.82. The van der Waals surface area contributed by atoms with Gasteiger partial charge in [-0.15, -0.1) is 0 Å². The molecule has 170 valence electrons. The Hall–Kier alpha value is -3.23. The maximum Gasteiger partial charge on any atom is 0.0688 e. The van der Waals surface area contributed by atoms with E-state index in [2.05, 4.69) is 120 Å². The number of nitrogens with zero attached hydrogens (tertiary/aromatic N) is 1. The minimum Gasteiger partial charge on any atom is -0.309 e. The standard InChI is InChI=1S/C31H36N2/c1-22-13-12-14-23(2)31(22)33-19-24(3)25(4)26(5)27(6)30-18-11-10-17-29(30)21-32-20-28-15-8-7-9-16-28/h7-19,32H,20-21H2,1-6H3/b25-24-,27-26+,33-19?. The number of benzene rings is 3. The van der Waals surface area contributed by atoms with Crippen LogP contribution in [0, 0.1) is 13.8 Å². The molecule has 0 saturated carbocycles. The first-order valence-corrected chi connectivity index (χ1v) is 11.7. The van der Waals surface area contributed by atoms with Crippen molar-refractivity contribution in [1.29, 1.82) is 0 Å². The lowest BCUT2D eigenvalue weighted by Crippen LogP contribution is -2.13. The van der Waals surface area contributed by atoms with Crippen LogP contribution in [-0.4, -0.2) is 6.21 Å². The second kappa shape index (κ2) is 11.6. The molecular weight excluding hydrogens is 400 g/mol. The Morgan fingerprint density at radius 3 is 2.06 bits per heavy atom. The van der Waals surface area contributed by atoms with Gasteiger partial charge in [-0.1, -0.05) is 72.8 Å². The molecule has 2 nitrogen and oxygen atoms in total. The molecule has 0 aromatic heterocycles. The van der Waals surface area contributed by atoms with Crippen LogP contribution >= 0.6 is 0 Å². The summed E-state index contributed by atoms with van der Waals surface area (Å²) in [6, 6.07) is 25.6. The number of para-hydroxylation sites is 1. The minimum atomic E-state index is 0.839. The van der Waals surface area contributed by atoms with Crippen LogP contribution in [0.25, 0.3) is 5.57 Å². The number of aliphatic imine (C=N–C) groups is 1. The number of aryl methyl sites for hydroxylation is 2. The zero-order chi connectivity index (χ0) is 23.8. The molecule has 0 radical (unpaired) electrons. The molecule has 0 fully saturated rings. The van der Waals surface area contributed by atoms with Gasteiger partial charge in [-0.2, -0.15) is 0 Å². The molecule has 3 aromatic carbocycles. The summed E-state index contributed by atoms with van der Waals surface area (Å²) in [5.74, 6) is 0. The molecule has 2 heteroatoms. The fourth-order valence-electron chi connectivity index (χ4n) is 4.02. The highest BCUT2D eigenvalue weighted by Gasteiger charge is 2.09. The minimum absolute atomic E-state index is 0.839. The Kier molecular flexibility index (Phi) is 8.57. The number of allylic oxidation sites excluding steroid dienone is 4. The molecule has 0 aliphatic carbocycles. The van der Waals surface area contributed by atoms with Gasteiger partial charge in [0, 0.05) is 19.3 Å². The van der Waals surface area contributed by atoms with Crippen LogP contribution in [-0.2, 0) is 13.1 Å². The third kappa shape index (κ3) is 6.40. The maximum absolute atomic E-state index is 4.81. The van der Waals surface area contributed by atoms with Crippen molar-refractivity contribution in [3.8, 4) is 0 Å². The molecule has 0 saturated heterocycles. The molecule has 33 heavy (non-hydrogen) atoms. The van der Waals surface area contributed by atoms with Gasteiger partial charge in [0.1, 0.15) is 0 Å². The fourth-order valence-corrected chi connectivity index (χ4v) is 4.02. The first kappa shape index (κ1) is 24.4. The summed E-state index contributed by atoms with van der Waals surface area (Å²) < 4.78 is 0. The average Bonchev–Trinajstić information content (AvgIpc) is 2.83. The van der Waals surface area contributed by atoms with Crippen LogP contribution in [0.5, 0.6) is 0 Å². The lowest BCUT2D eigenvalue weighted by molar-refractivity contribution is 0.692. The predicted octanol–water partition coefficient (Wildman–Crippen LogP) is 8.13. The Bertz CT molecular complexity index is 1160. The van der Waals surface area contributed by atoms with Gasteiger partial charge in [0.2, 0.25) is 0 Å². The SMILES string of the molecule is C/C(C=Nc1c(C)cccc1C)=C(C)/C(C)=C(\C)c1ccccc1CNCc1ccccc1. The van der Waals surface area contributed by atoms with Gasteiger partial charge in [0.25, 0.3) is 0 Å². The summed E-state index contributed by atoms with van der Waals surface area (Å²) in [5.41, 5.74) is 12.5. The largest absolute Gasteiger partial charge is 0.309 e. The first-order chi connectivity index (χ1) is 15.9. The van der Waals surface area contributed by atoms with Crippen molar-refractivity contribution in [2.75, 3.05) is 0 Å². The van der Waals surface area contributed by atoms with E-state index in [0.717, 1.165) is 18.8 Å². The first-order valence-electron chi connectivity index (χ1n) is 11.7. The van der Waals surface area contributed by atoms with E-state index in [9.17, 15) is 0 Å². The summed E-state index contributed by atoms with van der Waals surface area (Å²) in [4.78, 5) is 4.81. The summed E-state index contributed by atoms with van der Waals surface area (Å²) in [5, 5.41) is 3.60. The molecule has 3 rings (SSSR count). The van der Waals surface area contributed by atoms with Gasteiger partial charge < -0.3 is 5.32 Å². The van der Waals surface area contributed by atoms with Crippen LogP contribution in [0.4, 0.5) is 5.69 Å². The van der Waals surface area contributed by atoms with Crippen molar-refractivity contribution in [3.05, 3.63) is 117 Å². The molecular formula is C31H36N2. The topological polar surface area (TPSA) is 24.4 Å². The molecule has 3 aromatic rings. The van der Waals surface area contributed by atoms with Crippen LogP contribution < -0.4 is 5.32 Å². The number of hydrogen-bond acceptors (Lipinski definition) is 2. The Morgan fingerprint density at radius 1 is 0.727 bits per heavy atom. The quantitative estimate of drug-likeness (QED) is 0.280. The van der Waals surface area contributed by atoms with E-state index in [1.165, 1.54) is 50.1 Å². The molecule has 0 bridgehead atoms. The molecule has 0 unspecified atom stereocenters. The highest BCUT2D eigenvalue weighted by Crippen LogP contribution is 2.28. The molecule has 0 aliphatic rings. The van der Waals surface area contributed by atoms with E-state index in [0.29, 0.717) is 0 Å². The van der Waals surface area contributed by atoms with E-state index < -0.39 is 0 Å². The fraction of sp³-hybridized carbons (Fsp3) is 0.258. The smallest absolute Gasteiger partial charge is 0.0688 e. The van der Waals surface area contributed by atoms with Crippen molar-refractivity contribution in [2.45, 2.75) is 54.6 Å². The number of hydrogen-bond donors (Lipinski definition) is 1. The van der Waals surface area contributed by atoms with E-state index in [4.69, 9.17) is 4.99 Å². The summed E-state index contributed by atoms with van der Waals surface area (Å²) in [7, 11) is 0. The van der Waals surface area contributed by atoms with Crippen molar-refractivity contribution in [1.82, 2.24) is 5.32 Å². The van der Waals surface area contributed by atoms with Gasteiger partial charge in [0.05, 0.1) is 5.69 Å². The van der Waals surface area contributed by atoms with Crippen molar-refractivity contribution in [3.63, 3.8) is 0 Å². The lowest BCUT2D eigenvalue weighted by Gasteiger charge is -2.15. The molecule has 0 spiro atoms. The maximum atomic E-state index is 4.81. The van der Waals surface area contributed by atoms with Crippen molar-refractivity contribution < 1.29 is 0 Å². The molecule has 0 aliphatic heterocycles. The van der Waals surface area contributed by atoms with Gasteiger partial charge in [-0.25, -0.2) is 0 Å². The lowest BCUT2D eigenvalue weighted by atomic mass is 9.92. The van der Waals surface area contributed by atoms with Crippen LogP contribution in [0.1, 0.15) is 55.5 Å². The average molecular weight is 437 g/mol. The Morgan fingerprint density at radius 2 is 1.36 bits per heavy atom. The second-order valence-corrected chi connectivity index (χ2v) is 8.80. The molecule has 1 N–H and O–H groups in total. The summed E-state index contributed by atoms with van der Waals surface area (Å²) in [6.07, 6.45) is 2.01. The Labute approximate surface area is 199 Å². The molecule has 0 heterocycles. The second-order valence-electron chi connectivity index (χ2n) is 8.80. The van der Waals surface area contributed by atoms with Crippen LogP contribution in [0.15, 0.2) is 94.5 Å². The van der Waals surface area contributed by atoms with E-state index in [1.807, 2.05) is 6.21 Å². The number of nitrogens with one attached hydrogen (secondary N) is 1. The van der Waals surface area contributed by atoms with E-state index in [-0.39, 0.29) is 0 Å². The van der Waals surface area contributed by atoms with Gasteiger partial charge in [0.15, 0.2) is 0 Å². The van der Waals surface area contributed by atoms with Crippen molar-refractivity contribution in [2.24, 2.45) is 4.99 Å². The normalized spacial score (nSPS) is 13.2. The monoisotopic (exact) mass is 436 g/mol. The van der Waals surface area contributed by atoms with Gasteiger partial charge >= 0.3 is 0 Å². The van der Waals surface area contributed by atoms with E-state index >= 15 is 0 Å². The highest BCUT2D eigenvalue weighted by atomic mass is 14.8. The van der Waals surface area contributed by atoms with Crippen LogP contribution in [0.2, 0.25) is 0 Å². The zero-order valence-electron chi connectivity index (χ0n) is 20.9. The van der Waals surface area contributed by atoms with Crippen LogP contribution in [0.3, 0.4) is 0 Å². The zero-order valence-corrected chi connectivity index (χ0v) is 20.9. The molecule has 0 amide bonds.